The number of nitrogens with zero attached hydrogens (tertiary/aromatic N) is 2. The van der Waals surface area contributed by atoms with E-state index < -0.39 is 22.8 Å². The summed E-state index contributed by atoms with van der Waals surface area (Å²) in [6.07, 6.45) is 3.73. The van der Waals surface area contributed by atoms with Gasteiger partial charge in [0.05, 0.1) is 22.1 Å². The molecular weight excluding hydrogens is 416 g/mol. The van der Waals surface area contributed by atoms with Gasteiger partial charge in [0, 0.05) is 34.8 Å². The highest BCUT2D eigenvalue weighted by Crippen LogP contribution is 2.26. The monoisotopic (exact) mass is 442 g/mol. The van der Waals surface area contributed by atoms with Gasteiger partial charge in [-0.3, -0.25) is 9.00 Å². The molecule has 0 aliphatic carbocycles. The number of hydrogen-bond acceptors (Lipinski definition) is 7. The van der Waals surface area contributed by atoms with Crippen LogP contribution in [0.2, 0.25) is 0 Å². The summed E-state index contributed by atoms with van der Waals surface area (Å²) >= 11 is 0. The van der Waals surface area contributed by atoms with Crippen LogP contribution >= 0.6 is 0 Å². The van der Waals surface area contributed by atoms with E-state index in [-0.39, 0.29) is 11.7 Å². The number of hydrogen-bond donors (Lipinski definition) is 5. The van der Waals surface area contributed by atoms with Crippen molar-refractivity contribution in [2.75, 3.05) is 17.2 Å². The molecule has 3 rings (SSSR count). The molecule has 0 saturated carbocycles. The van der Waals surface area contributed by atoms with Crippen LogP contribution < -0.4 is 16.4 Å². The minimum atomic E-state index is -1.05. The maximum atomic E-state index is 12.2. The molecule has 10 heteroatoms. The van der Waals surface area contributed by atoms with Gasteiger partial charge >= 0.3 is 5.97 Å². The van der Waals surface area contributed by atoms with E-state index in [4.69, 9.17) is 10.8 Å². The first kappa shape index (κ1) is 22.4. The average molecular weight is 443 g/mol. The summed E-state index contributed by atoms with van der Waals surface area (Å²) in [4.78, 5) is 23.8. The molecule has 2 atom stereocenters. The van der Waals surface area contributed by atoms with Crippen molar-refractivity contribution in [1.29, 1.82) is 0 Å². The molecule has 0 radical (unpaired) electrons. The number of nitrogens with two attached hydrogens (primary N) is 1. The number of H-pyrrole nitrogens is 1. The van der Waals surface area contributed by atoms with Crippen molar-refractivity contribution in [1.82, 2.24) is 15.0 Å². The lowest BCUT2D eigenvalue weighted by Gasteiger charge is -2.14. The van der Waals surface area contributed by atoms with Crippen LogP contribution in [0.25, 0.3) is 11.3 Å². The van der Waals surface area contributed by atoms with E-state index in [1.807, 2.05) is 50.2 Å². The molecule has 0 aliphatic heterocycles. The van der Waals surface area contributed by atoms with Gasteiger partial charge in [0.1, 0.15) is 11.9 Å². The zero-order chi connectivity index (χ0) is 22.4. The Labute approximate surface area is 183 Å². The predicted molar refractivity (Wildman–Crippen MR) is 122 cm³/mol. The fourth-order valence-corrected chi connectivity index (χ4v) is 3.76. The summed E-state index contributed by atoms with van der Waals surface area (Å²) in [7, 11) is -1.05. The Balaban J connectivity index is 1.78. The molecule has 0 aliphatic rings. The first-order chi connectivity index (χ1) is 14.8. The van der Waals surface area contributed by atoms with E-state index in [1.165, 1.54) is 0 Å². The number of carboxylic acids is 1. The quantitative estimate of drug-likeness (QED) is 0.322. The fourth-order valence-electron chi connectivity index (χ4n) is 2.81. The van der Waals surface area contributed by atoms with Crippen LogP contribution in [-0.4, -0.2) is 48.1 Å². The number of aromatic amines is 1. The van der Waals surface area contributed by atoms with E-state index in [1.54, 1.807) is 12.4 Å². The van der Waals surface area contributed by atoms with Crippen LogP contribution in [0.1, 0.15) is 20.3 Å². The Kier molecular flexibility index (Phi) is 7.37. The van der Waals surface area contributed by atoms with Gasteiger partial charge in [0.2, 0.25) is 5.95 Å². The first-order valence-corrected chi connectivity index (χ1v) is 11.1. The van der Waals surface area contributed by atoms with Crippen molar-refractivity contribution in [3.8, 4) is 11.3 Å². The van der Waals surface area contributed by atoms with E-state index >= 15 is 0 Å². The highest BCUT2D eigenvalue weighted by Gasteiger charge is 2.14. The number of carbonyl (C=O) groups is 1. The SMILES string of the molecule is CC(C)S(=O)c1ccc(Nc2ncc(-c3ccc[nH]3)c(NCCC(N)C(=O)O)n2)cc1. The smallest absolute Gasteiger partial charge is 0.320 e. The topological polar surface area (TPSA) is 146 Å². The first-order valence-electron chi connectivity index (χ1n) is 9.86. The summed E-state index contributed by atoms with van der Waals surface area (Å²) in [5.74, 6) is -0.119. The van der Waals surface area contributed by atoms with E-state index in [0.29, 0.717) is 18.3 Å². The predicted octanol–water partition coefficient (Wildman–Crippen LogP) is 2.95. The van der Waals surface area contributed by atoms with Crippen LogP contribution in [0, 0.1) is 0 Å². The third-order valence-corrected chi connectivity index (χ3v) is 6.11. The number of benzene rings is 1. The summed E-state index contributed by atoms with van der Waals surface area (Å²) < 4.78 is 12.2. The lowest BCUT2D eigenvalue weighted by atomic mass is 10.2. The molecule has 2 unspecified atom stereocenters. The van der Waals surface area contributed by atoms with Gasteiger partial charge in [-0.05, 0) is 42.8 Å². The van der Waals surface area contributed by atoms with Gasteiger partial charge in [-0.15, -0.1) is 0 Å². The minimum Gasteiger partial charge on any atom is -0.480 e. The number of anilines is 3. The Morgan fingerprint density at radius 1 is 1.26 bits per heavy atom. The number of aromatic nitrogens is 3. The normalized spacial score (nSPS) is 13.0. The number of nitrogens with one attached hydrogen (secondary N) is 3. The van der Waals surface area contributed by atoms with Crippen LogP contribution in [0.4, 0.5) is 17.5 Å². The summed E-state index contributed by atoms with van der Waals surface area (Å²) in [5, 5.41) is 15.3. The molecule has 0 fully saturated rings. The standard InChI is InChI=1S/C21H26N6O3S/c1-13(2)31(30)15-7-5-14(6-8-15)26-21-25-12-16(18-4-3-10-23-18)19(27-21)24-11-9-17(22)20(28)29/h3-8,10,12-13,17,23H,9,11,22H2,1-2H3,(H,28,29)(H2,24,25,26,27). The van der Waals surface area contributed by atoms with Gasteiger partial charge in [-0.2, -0.15) is 4.98 Å². The van der Waals surface area contributed by atoms with Gasteiger partial charge in [0.15, 0.2) is 0 Å². The molecule has 1 aromatic carbocycles. The average Bonchev–Trinajstić information content (AvgIpc) is 3.28. The third-order valence-electron chi connectivity index (χ3n) is 4.51. The second-order valence-corrected chi connectivity index (χ2v) is 9.20. The van der Waals surface area contributed by atoms with E-state index in [9.17, 15) is 9.00 Å². The van der Waals surface area contributed by atoms with Gasteiger partial charge in [0.25, 0.3) is 0 Å². The Bertz CT molecular complexity index is 1040. The number of rotatable bonds is 10. The Hall–Kier alpha value is -3.24. The van der Waals surface area contributed by atoms with Crippen LogP contribution in [0.3, 0.4) is 0 Å². The summed E-state index contributed by atoms with van der Waals surface area (Å²) in [6.45, 7) is 4.17. The van der Waals surface area contributed by atoms with Crippen molar-refractivity contribution < 1.29 is 14.1 Å². The van der Waals surface area contributed by atoms with Crippen molar-refractivity contribution in [2.45, 2.75) is 36.5 Å². The Morgan fingerprint density at radius 3 is 2.61 bits per heavy atom. The molecule has 2 heterocycles. The molecule has 0 spiro atoms. The number of aliphatic carboxylic acids is 1. The fraction of sp³-hybridized carbons (Fsp3) is 0.286. The van der Waals surface area contributed by atoms with Crippen molar-refractivity contribution in [3.05, 3.63) is 48.8 Å². The minimum absolute atomic E-state index is 0.0468. The van der Waals surface area contributed by atoms with Gasteiger partial charge < -0.3 is 26.5 Å². The second kappa shape index (κ2) is 10.2. The maximum Gasteiger partial charge on any atom is 0.320 e. The van der Waals surface area contributed by atoms with E-state index in [2.05, 4.69) is 25.6 Å². The van der Waals surface area contributed by atoms with Crippen molar-refractivity contribution in [2.24, 2.45) is 5.73 Å². The van der Waals surface area contributed by atoms with Crippen molar-refractivity contribution >= 4 is 34.2 Å². The molecular formula is C21H26N6O3S. The van der Waals surface area contributed by atoms with Crippen LogP contribution in [-0.2, 0) is 15.6 Å². The highest BCUT2D eigenvalue weighted by atomic mass is 32.2. The van der Waals surface area contributed by atoms with Gasteiger partial charge in [-0.1, -0.05) is 13.8 Å². The highest BCUT2D eigenvalue weighted by molar-refractivity contribution is 7.85. The lowest BCUT2D eigenvalue weighted by Crippen LogP contribution is -2.32. The molecule has 164 valence electrons. The lowest BCUT2D eigenvalue weighted by molar-refractivity contribution is -0.138. The van der Waals surface area contributed by atoms with Gasteiger partial charge in [-0.25, -0.2) is 4.98 Å². The summed E-state index contributed by atoms with van der Waals surface area (Å²) in [6, 6.07) is 10.1. The molecule has 0 bridgehead atoms. The van der Waals surface area contributed by atoms with E-state index in [0.717, 1.165) is 21.8 Å². The van der Waals surface area contributed by atoms with Crippen molar-refractivity contribution in [3.63, 3.8) is 0 Å². The molecule has 3 aromatic rings. The maximum absolute atomic E-state index is 12.2. The molecule has 9 nitrogen and oxygen atoms in total. The molecule has 0 amide bonds. The zero-order valence-electron chi connectivity index (χ0n) is 17.3. The summed E-state index contributed by atoms with van der Waals surface area (Å²) in [5.41, 5.74) is 7.93. The van der Waals surface area contributed by atoms with Crippen LogP contribution in [0.5, 0.6) is 0 Å². The second-order valence-electron chi connectivity index (χ2n) is 7.20. The van der Waals surface area contributed by atoms with Crippen LogP contribution in [0.15, 0.2) is 53.7 Å². The largest absolute Gasteiger partial charge is 0.480 e. The molecule has 0 saturated heterocycles. The third kappa shape index (κ3) is 5.89. The molecule has 31 heavy (non-hydrogen) atoms. The molecule has 6 N–H and O–H groups in total. The Morgan fingerprint density at radius 2 is 2.00 bits per heavy atom. The number of carboxylic acid groups (broad SMARTS) is 1. The molecule has 2 aromatic heterocycles. The zero-order valence-corrected chi connectivity index (χ0v) is 18.1.